The van der Waals surface area contributed by atoms with Gasteiger partial charge in [0, 0.05) is 28.2 Å². The van der Waals surface area contributed by atoms with E-state index in [1.165, 1.54) is 26.9 Å². The molecule has 9 rings (SSSR count). The van der Waals surface area contributed by atoms with Gasteiger partial charge in [0.15, 0.2) is 5.82 Å². The van der Waals surface area contributed by atoms with Crippen LogP contribution in [-0.4, -0.2) is 14.5 Å². The first-order valence-electron chi connectivity index (χ1n) is 14.1. The van der Waals surface area contributed by atoms with Gasteiger partial charge >= 0.3 is 0 Å². The molecular weight excluding hydrogens is 514 g/mol. The van der Waals surface area contributed by atoms with Gasteiger partial charge in [-0.05, 0) is 75.6 Å². The number of pyridine rings is 1. The molecule has 0 bridgehead atoms. The van der Waals surface area contributed by atoms with Crippen LogP contribution in [0.5, 0.6) is 0 Å². The molecular formula is C38H23N3O. The maximum Gasteiger partial charge on any atom is 0.164 e. The van der Waals surface area contributed by atoms with E-state index >= 15 is 0 Å². The summed E-state index contributed by atoms with van der Waals surface area (Å²) in [5, 5.41) is 7.15. The highest BCUT2D eigenvalue weighted by Crippen LogP contribution is 2.43. The molecule has 0 atom stereocenters. The predicted octanol–water partition coefficient (Wildman–Crippen LogP) is 9.96. The molecule has 0 unspecified atom stereocenters. The zero-order valence-electron chi connectivity index (χ0n) is 22.5. The van der Waals surface area contributed by atoms with Crippen molar-refractivity contribution in [2.45, 2.75) is 0 Å². The molecule has 0 saturated carbocycles. The van der Waals surface area contributed by atoms with Gasteiger partial charge in [-0.2, -0.15) is 0 Å². The van der Waals surface area contributed by atoms with Gasteiger partial charge in [-0.25, -0.2) is 4.98 Å². The number of rotatable bonds is 3. The molecule has 42 heavy (non-hydrogen) atoms. The van der Waals surface area contributed by atoms with Gasteiger partial charge in [0.1, 0.15) is 16.9 Å². The van der Waals surface area contributed by atoms with Crippen molar-refractivity contribution in [1.29, 1.82) is 0 Å². The van der Waals surface area contributed by atoms with Crippen LogP contribution in [0.25, 0.3) is 82.8 Å². The summed E-state index contributed by atoms with van der Waals surface area (Å²) in [7, 11) is 0. The minimum absolute atomic E-state index is 0.821. The molecule has 0 fully saturated rings. The number of benzene rings is 6. The third-order valence-electron chi connectivity index (χ3n) is 8.25. The normalized spacial score (nSPS) is 11.8. The number of hydrogen-bond acceptors (Lipinski definition) is 3. The highest BCUT2D eigenvalue weighted by atomic mass is 16.3. The number of hydrogen-bond donors (Lipinski definition) is 0. The van der Waals surface area contributed by atoms with E-state index in [4.69, 9.17) is 9.40 Å². The Balaban J connectivity index is 1.28. The van der Waals surface area contributed by atoms with Gasteiger partial charge in [-0.1, -0.05) is 84.9 Å². The zero-order chi connectivity index (χ0) is 27.6. The summed E-state index contributed by atoms with van der Waals surface area (Å²) in [4.78, 5) is 9.55. The van der Waals surface area contributed by atoms with Crippen LogP contribution < -0.4 is 0 Å². The summed E-state index contributed by atoms with van der Waals surface area (Å²) in [5.41, 5.74) is 7.84. The molecule has 0 saturated heterocycles. The molecule has 3 heterocycles. The molecule has 0 N–H and O–H groups in total. The van der Waals surface area contributed by atoms with Crippen LogP contribution in [0.4, 0.5) is 0 Å². The average molecular weight is 538 g/mol. The molecule has 0 aliphatic heterocycles. The third-order valence-corrected chi connectivity index (χ3v) is 8.25. The molecule has 0 spiro atoms. The number of fused-ring (bicyclic) bond motifs is 8. The molecule has 4 nitrogen and oxygen atoms in total. The predicted molar refractivity (Wildman–Crippen MR) is 172 cm³/mol. The Hall–Kier alpha value is -5.74. The van der Waals surface area contributed by atoms with Crippen molar-refractivity contribution in [2.75, 3.05) is 0 Å². The second-order valence-electron chi connectivity index (χ2n) is 10.6. The highest BCUT2D eigenvalue weighted by Gasteiger charge is 2.19. The lowest BCUT2D eigenvalue weighted by atomic mass is 9.95. The molecule has 0 aliphatic rings. The Morgan fingerprint density at radius 1 is 0.595 bits per heavy atom. The second kappa shape index (κ2) is 8.88. The summed E-state index contributed by atoms with van der Waals surface area (Å²) in [6.45, 7) is 0. The summed E-state index contributed by atoms with van der Waals surface area (Å²) in [6, 6.07) is 46.5. The Morgan fingerprint density at radius 3 is 2.17 bits per heavy atom. The molecule has 196 valence electrons. The van der Waals surface area contributed by atoms with E-state index < -0.39 is 0 Å². The van der Waals surface area contributed by atoms with Crippen LogP contribution in [0.3, 0.4) is 0 Å². The van der Waals surface area contributed by atoms with Crippen LogP contribution in [0, 0.1) is 0 Å². The van der Waals surface area contributed by atoms with E-state index in [2.05, 4.69) is 107 Å². The van der Waals surface area contributed by atoms with Crippen LogP contribution in [0.1, 0.15) is 0 Å². The van der Waals surface area contributed by atoms with Crippen LogP contribution in [0.2, 0.25) is 0 Å². The fraction of sp³-hybridized carbons (Fsp3) is 0. The largest absolute Gasteiger partial charge is 0.455 e. The van der Waals surface area contributed by atoms with Gasteiger partial charge < -0.3 is 4.42 Å². The van der Waals surface area contributed by atoms with Gasteiger partial charge in [-0.3, -0.25) is 9.55 Å². The maximum absolute atomic E-state index is 6.67. The number of furan rings is 1. The second-order valence-corrected chi connectivity index (χ2v) is 10.6. The fourth-order valence-corrected chi connectivity index (χ4v) is 6.35. The summed E-state index contributed by atoms with van der Waals surface area (Å²) in [6.07, 6.45) is 1.81. The third kappa shape index (κ3) is 3.36. The average Bonchev–Trinajstić information content (AvgIpc) is 3.65. The Kier molecular flexibility index (Phi) is 4.87. The van der Waals surface area contributed by atoms with Crippen LogP contribution in [0.15, 0.2) is 144 Å². The van der Waals surface area contributed by atoms with Crippen molar-refractivity contribution in [1.82, 2.24) is 14.5 Å². The van der Waals surface area contributed by atoms with Crippen LogP contribution in [-0.2, 0) is 0 Å². The van der Waals surface area contributed by atoms with E-state index in [-0.39, 0.29) is 0 Å². The standard InChI is InChI=1S/C38H23N3O/c1-3-11-28-24(9-1)18-21-34-35(28)36-29-12-4-2-10-26(29)23-30(37(36)42-34)25-16-19-27(20-17-25)41-33-15-6-5-13-31(33)40-38(41)32-14-7-8-22-39-32/h1-23H. The SMILES string of the molecule is c1ccc(-c2nc3ccccc3n2-c2ccc(-c3cc4ccccc4c4c3oc3ccc5ccccc5c34)cc2)nc1. The molecule has 0 radical (unpaired) electrons. The van der Waals surface area contributed by atoms with Gasteiger partial charge in [0.2, 0.25) is 0 Å². The Bertz CT molecular complexity index is 2450. The first kappa shape index (κ1) is 23.0. The molecule has 9 aromatic rings. The molecule has 0 aliphatic carbocycles. The molecule has 3 aromatic heterocycles. The van der Waals surface area contributed by atoms with Crippen molar-refractivity contribution in [3.8, 4) is 28.3 Å². The smallest absolute Gasteiger partial charge is 0.164 e. The van der Waals surface area contributed by atoms with E-state index in [0.29, 0.717) is 0 Å². The van der Waals surface area contributed by atoms with E-state index in [0.717, 1.165) is 55.9 Å². The van der Waals surface area contributed by atoms with Crippen molar-refractivity contribution in [3.63, 3.8) is 0 Å². The van der Waals surface area contributed by atoms with E-state index in [9.17, 15) is 0 Å². The quantitative estimate of drug-likeness (QED) is 0.225. The van der Waals surface area contributed by atoms with Crippen LogP contribution >= 0.6 is 0 Å². The van der Waals surface area contributed by atoms with E-state index in [1.54, 1.807) is 0 Å². The van der Waals surface area contributed by atoms with Gasteiger partial charge in [-0.15, -0.1) is 0 Å². The number of aromatic nitrogens is 3. The maximum atomic E-state index is 6.67. The molecule has 0 amide bonds. The fourth-order valence-electron chi connectivity index (χ4n) is 6.35. The zero-order valence-corrected chi connectivity index (χ0v) is 22.5. The molecule has 4 heteroatoms. The number of para-hydroxylation sites is 2. The Labute approximate surface area is 241 Å². The Morgan fingerprint density at radius 2 is 1.33 bits per heavy atom. The van der Waals surface area contributed by atoms with E-state index in [1.807, 2.05) is 42.6 Å². The lowest BCUT2D eigenvalue weighted by molar-refractivity contribution is 0.670. The monoisotopic (exact) mass is 537 g/mol. The van der Waals surface area contributed by atoms with Crippen molar-refractivity contribution in [3.05, 3.63) is 140 Å². The van der Waals surface area contributed by atoms with Crippen molar-refractivity contribution in [2.24, 2.45) is 0 Å². The summed E-state index contributed by atoms with van der Waals surface area (Å²) >= 11 is 0. The minimum atomic E-state index is 0.821. The summed E-state index contributed by atoms with van der Waals surface area (Å²) in [5.74, 6) is 0.821. The first-order chi connectivity index (χ1) is 20.8. The van der Waals surface area contributed by atoms with Crippen molar-refractivity contribution < 1.29 is 4.42 Å². The summed E-state index contributed by atoms with van der Waals surface area (Å²) < 4.78 is 8.85. The number of imidazole rings is 1. The van der Waals surface area contributed by atoms with Gasteiger partial charge in [0.05, 0.1) is 11.0 Å². The first-order valence-corrected chi connectivity index (χ1v) is 14.1. The highest BCUT2D eigenvalue weighted by molar-refractivity contribution is 6.28. The van der Waals surface area contributed by atoms with Crippen molar-refractivity contribution >= 4 is 54.5 Å². The van der Waals surface area contributed by atoms with Gasteiger partial charge in [0.25, 0.3) is 0 Å². The molecule has 6 aromatic carbocycles. The lowest BCUT2D eigenvalue weighted by Gasteiger charge is -2.11. The number of nitrogens with zero attached hydrogens (tertiary/aromatic N) is 3. The lowest BCUT2D eigenvalue weighted by Crippen LogP contribution is -1.98. The minimum Gasteiger partial charge on any atom is -0.455 e. The topological polar surface area (TPSA) is 43.9 Å².